The number of aromatic nitrogens is 1. The number of H-pyrrole nitrogens is 1. The van der Waals surface area contributed by atoms with Crippen LogP contribution in [0.4, 0.5) is 16.2 Å². The van der Waals surface area contributed by atoms with Gasteiger partial charge in [-0.2, -0.15) is 0 Å². The summed E-state index contributed by atoms with van der Waals surface area (Å²) >= 11 is 0. The molecule has 0 aliphatic carbocycles. The van der Waals surface area contributed by atoms with E-state index in [0.29, 0.717) is 6.54 Å². The van der Waals surface area contributed by atoms with Crippen LogP contribution >= 0.6 is 0 Å². The number of benzene rings is 4. The van der Waals surface area contributed by atoms with Gasteiger partial charge in [0.15, 0.2) is 0 Å². The van der Waals surface area contributed by atoms with Gasteiger partial charge in [-0.25, -0.2) is 4.79 Å². The van der Waals surface area contributed by atoms with Gasteiger partial charge in [-0.15, -0.1) is 0 Å². The third-order valence-electron chi connectivity index (χ3n) is 8.34. The van der Waals surface area contributed by atoms with Gasteiger partial charge in [0.05, 0.1) is 11.4 Å². The Bertz CT molecular complexity index is 1750. The van der Waals surface area contributed by atoms with Gasteiger partial charge in [-0.3, -0.25) is 19.9 Å². The number of nitrogens with zero attached hydrogens (tertiary/aromatic N) is 3. The van der Waals surface area contributed by atoms with Crippen molar-refractivity contribution in [1.82, 2.24) is 15.2 Å². The van der Waals surface area contributed by atoms with E-state index in [1.807, 2.05) is 91.9 Å². The lowest BCUT2D eigenvalue weighted by Gasteiger charge is -2.31. The molecule has 2 N–H and O–H groups in total. The number of carbonyl (C=O) groups excluding carboxylic acids is 2. The number of para-hydroxylation sites is 2. The number of amides is 3. The molecule has 4 aromatic carbocycles. The first kappa shape index (κ1) is 28.2. The Labute approximate surface area is 252 Å². The molecule has 0 saturated heterocycles. The fraction of sp³-hybridized carbons (Fsp3) is 0.222. The third kappa shape index (κ3) is 5.76. The molecule has 6 rings (SSSR count). The van der Waals surface area contributed by atoms with Gasteiger partial charge < -0.3 is 9.88 Å². The quantitative estimate of drug-likeness (QED) is 0.231. The lowest BCUT2D eigenvalue weighted by molar-refractivity contribution is -0.124. The highest BCUT2D eigenvalue weighted by Crippen LogP contribution is 2.36. The predicted molar refractivity (Wildman–Crippen MR) is 174 cm³/mol. The largest absolute Gasteiger partial charge is 0.363 e. The molecule has 1 aromatic heterocycles. The Kier molecular flexibility index (Phi) is 7.99. The van der Waals surface area contributed by atoms with E-state index >= 15 is 0 Å². The van der Waals surface area contributed by atoms with Crippen molar-refractivity contribution >= 4 is 34.2 Å². The van der Waals surface area contributed by atoms with Crippen molar-refractivity contribution in [1.29, 1.82) is 0 Å². The zero-order valence-corrected chi connectivity index (χ0v) is 24.8. The summed E-state index contributed by atoms with van der Waals surface area (Å²) in [5, 5.41) is 3.87. The number of nitrogens with one attached hydrogen (secondary N) is 2. The minimum atomic E-state index is -0.669. The molecular weight excluding hydrogens is 534 g/mol. The molecule has 7 heteroatoms. The van der Waals surface area contributed by atoms with Crippen molar-refractivity contribution in [2.45, 2.75) is 32.0 Å². The van der Waals surface area contributed by atoms with Crippen LogP contribution in [-0.2, 0) is 11.3 Å². The van der Waals surface area contributed by atoms with Crippen LogP contribution in [0.25, 0.3) is 22.0 Å². The number of likely N-dealkylation sites (N-methyl/N-ethyl adjacent to an activating group) is 1. The smallest absolute Gasteiger partial charge is 0.328 e. The van der Waals surface area contributed by atoms with Crippen LogP contribution in [0.2, 0.25) is 0 Å². The Balaban J connectivity index is 1.28. The van der Waals surface area contributed by atoms with Crippen molar-refractivity contribution in [2.24, 2.45) is 0 Å². The van der Waals surface area contributed by atoms with Crippen molar-refractivity contribution in [3.05, 3.63) is 120 Å². The summed E-state index contributed by atoms with van der Waals surface area (Å²) < 4.78 is 0. The van der Waals surface area contributed by atoms with E-state index < -0.39 is 12.1 Å². The molecule has 7 nitrogen and oxygen atoms in total. The minimum Gasteiger partial charge on any atom is -0.363 e. The highest BCUT2D eigenvalue weighted by Gasteiger charge is 2.32. The first-order valence-corrected chi connectivity index (χ1v) is 14.8. The molecule has 3 amide bonds. The zero-order valence-electron chi connectivity index (χ0n) is 24.8. The lowest BCUT2D eigenvalue weighted by Crippen LogP contribution is -2.47. The van der Waals surface area contributed by atoms with Crippen LogP contribution in [0, 0.1) is 0 Å². The molecule has 2 heterocycles. The molecule has 0 spiro atoms. The van der Waals surface area contributed by atoms with E-state index in [-0.39, 0.29) is 11.9 Å². The second-order valence-electron chi connectivity index (χ2n) is 11.4. The third-order valence-corrected chi connectivity index (χ3v) is 8.34. The first-order chi connectivity index (χ1) is 20.9. The summed E-state index contributed by atoms with van der Waals surface area (Å²) in [5.74, 6) is -0.360. The topological polar surface area (TPSA) is 71.7 Å². The maximum absolute atomic E-state index is 13.9. The molecule has 2 unspecified atom stereocenters. The average molecular weight is 572 g/mol. The number of carbonyl (C=O) groups is 2. The van der Waals surface area contributed by atoms with Crippen molar-refractivity contribution < 1.29 is 9.59 Å². The molecule has 0 radical (unpaired) electrons. The predicted octanol–water partition coefficient (Wildman–Crippen LogP) is 6.98. The number of fused-ring (bicyclic) bond motifs is 2. The van der Waals surface area contributed by atoms with Crippen LogP contribution in [0.3, 0.4) is 0 Å². The lowest BCUT2D eigenvalue weighted by atomic mass is 9.93. The summed E-state index contributed by atoms with van der Waals surface area (Å²) in [6, 6.07) is 33.6. The number of urea groups is 1. The fourth-order valence-corrected chi connectivity index (χ4v) is 6.11. The summed E-state index contributed by atoms with van der Waals surface area (Å²) in [4.78, 5) is 37.0. The van der Waals surface area contributed by atoms with Gasteiger partial charge in [0.2, 0.25) is 5.91 Å². The maximum atomic E-state index is 13.9. The minimum absolute atomic E-state index is 0.202. The number of rotatable bonds is 6. The second-order valence-corrected chi connectivity index (χ2v) is 11.4. The van der Waals surface area contributed by atoms with E-state index in [0.717, 1.165) is 51.9 Å². The Hall–Kier alpha value is -4.88. The van der Waals surface area contributed by atoms with Gasteiger partial charge in [-0.1, -0.05) is 72.8 Å². The van der Waals surface area contributed by atoms with Crippen molar-refractivity contribution in [3.8, 4) is 11.1 Å². The molecule has 2 atom stereocenters. The van der Waals surface area contributed by atoms with Gasteiger partial charge >= 0.3 is 6.03 Å². The molecule has 0 bridgehead atoms. The Morgan fingerprint density at radius 2 is 1.63 bits per heavy atom. The highest BCUT2D eigenvalue weighted by atomic mass is 16.2. The summed E-state index contributed by atoms with van der Waals surface area (Å²) in [6.45, 7) is 3.43. The van der Waals surface area contributed by atoms with Crippen molar-refractivity contribution in [3.63, 3.8) is 0 Å². The Morgan fingerprint density at radius 1 is 0.907 bits per heavy atom. The monoisotopic (exact) mass is 571 g/mol. The molecule has 5 aromatic rings. The number of hydrogen-bond acceptors (Lipinski definition) is 4. The number of imide groups is 1. The molecule has 0 saturated carbocycles. The zero-order chi connectivity index (χ0) is 29.9. The number of hydrogen-bond donors (Lipinski definition) is 2. The van der Waals surface area contributed by atoms with E-state index in [2.05, 4.69) is 58.5 Å². The van der Waals surface area contributed by atoms with Crippen LogP contribution in [0.1, 0.15) is 30.5 Å². The maximum Gasteiger partial charge on any atom is 0.328 e. The van der Waals surface area contributed by atoms with E-state index in [9.17, 15) is 9.59 Å². The summed E-state index contributed by atoms with van der Waals surface area (Å²) in [5.41, 5.74) is 6.86. The number of anilines is 2. The van der Waals surface area contributed by atoms with Crippen LogP contribution < -0.4 is 15.1 Å². The second kappa shape index (κ2) is 12.2. The van der Waals surface area contributed by atoms with Gasteiger partial charge in [-0.05, 0) is 85.4 Å². The van der Waals surface area contributed by atoms with E-state index in [1.165, 1.54) is 5.56 Å². The molecule has 0 fully saturated rings. The molecular formula is C36H37N5O2. The number of aromatic amines is 1. The summed E-state index contributed by atoms with van der Waals surface area (Å²) in [6.07, 6.45) is 2.69. The normalized spacial score (nSPS) is 15.7. The fourth-order valence-electron chi connectivity index (χ4n) is 6.11. The van der Waals surface area contributed by atoms with Gasteiger partial charge in [0, 0.05) is 30.8 Å². The average Bonchev–Trinajstić information content (AvgIpc) is 3.44. The van der Waals surface area contributed by atoms with E-state index in [4.69, 9.17) is 0 Å². The summed E-state index contributed by atoms with van der Waals surface area (Å²) in [7, 11) is 3.73. The van der Waals surface area contributed by atoms with Crippen LogP contribution in [0.5, 0.6) is 0 Å². The SMILES string of the molecule is CC1CCN(C(=O)NC(=O)C(c2ccccc2-c2ccc3[nH]ccc3c2)N(C)C)c2ccccc2N1Cc1ccccc1. The Morgan fingerprint density at radius 3 is 2.42 bits per heavy atom. The molecule has 43 heavy (non-hydrogen) atoms. The van der Waals surface area contributed by atoms with Gasteiger partial charge in [0.25, 0.3) is 0 Å². The molecule has 218 valence electrons. The van der Waals surface area contributed by atoms with Crippen molar-refractivity contribution in [2.75, 3.05) is 30.4 Å². The van der Waals surface area contributed by atoms with Crippen LogP contribution in [-0.4, -0.2) is 48.5 Å². The highest BCUT2D eigenvalue weighted by molar-refractivity contribution is 6.06. The first-order valence-electron chi connectivity index (χ1n) is 14.8. The van der Waals surface area contributed by atoms with Gasteiger partial charge in [0.1, 0.15) is 6.04 Å². The molecule has 1 aliphatic heterocycles. The molecule has 1 aliphatic rings. The van der Waals surface area contributed by atoms with E-state index in [1.54, 1.807) is 4.90 Å². The van der Waals surface area contributed by atoms with Crippen LogP contribution in [0.15, 0.2) is 109 Å². The standard InChI is InChI=1S/C36H37N5O2/c1-25-20-22-40(32-15-9-10-16-33(32)41(25)24-26-11-5-4-6-12-26)36(43)38-35(42)34(39(2)3)30-14-8-7-13-29(30)27-17-18-31-28(23-27)19-21-37-31/h4-19,21,23,25,34,37H,20,22,24H2,1-3H3,(H,38,42,43).